The predicted molar refractivity (Wildman–Crippen MR) is 78.9 cm³/mol. The monoisotopic (exact) mass is 253 g/mol. The average molecular weight is 253 g/mol. The van der Waals surface area contributed by atoms with Crippen LogP contribution >= 0.6 is 0 Å². The van der Waals surface area contributed by atoms with Crippen LogP contribution in [0.1, 0.15) is 59.8 Å². The van der Waals surface area contributed by atoms with E-state index in [2.05, 4.69) is 39.6 Å². The molecular weight excluding hydrogens is 222 g/mol. The van der Waals surface area contributed by atoms with Crippen molar-refractivity contribution >= 4 is 0 Å². The van der Waals surface area contributed by atoms with Gasteiger partial charge in [-0.25, -0.2) is 0 Å². The van der Waals surface area contributed by atoms with Crippen molar-refractivity contribution in [1.82, 2.24) is 5.32 Å². The Hall–Kier alpha value is -0.340. The molecule has 0 radical (unpaired) electrons. The van der Waals surface area contributed by atoms with E-state index in [1.165, 1.54) is 18.4 Å². The third kappa shape index (κ3) is 3.58. The molecule has 0 amide bonds. The molecule has 0 heterocycles. The number of nitrogens with one attached hydrogen (secondary N) is 1. The quantitative estimate of drug-likeness (QED) is 0.725. The van der Waals surface area contributed by atoms with Crippen molar-refractivity contribution in [3.05, 3.63) is 12.2 Å². The molecule has 1 fully saturated rings. The predicted octanol–water partition coefficient (Wildman–Crippen LogP) is 3.92. The summed E-state index contributed by atoms with van der Waals surface area (Å²) in [7, 11) is 1.86. The lowest BCUT2D eigenvalue weighted by Gasteiger charge is -2.47. The minimum absolute atomic E-state index is 0.0451. The number of ether oxygens (including phenoxy) is 1. The van der Waals surface area contributed by atoms with Gasteiger partial charge in [-0.15, -0.1) is 0 Å². The highest BCUT2D eigenvalue weighted by molar-refractivity contribution is 5.13. The molecule has 1 aliphatic carbocycles. The summed E-state index contributed by atoms with van der Waals surface area (Å²) < 4.78 is 5.97. The molecule has 1 rings (SSSR count). The molecule has 2 heteroatoms. The summed E-state index contributed by atoms with van der Waals surface area (Å²) in [6.07, 6.45) is 5.88. The Morgan fingerprint density at radius 3 is 2.22 bits per heavy atom. The molecule has 1 unspecified atom stereocenters. The summed E-state index contributed by atoms with van der Waals surface area (Å²) in [5.74, 6) is 0. The second-order valence-corrected chi connectivity index (χ2v) is 6.67. The third-order valence-corrected chi connectivity index (χ3v) is 4.47. The van der Waals surface area contributed by atoms with Crippen molar-refractivity contribution in [1.29, 1.82) is 0 Å². The van der Waals surface area contributed by atoms with Gasteiger partial charge in [0.05, 0.1) is 11.6 Å². The van der Waals surface area contributed by atoms with Crippen LogP contribution in [-0.2, 0) is 4.74 Å². The average Bonchev–Trinajstić information content (AvgIpc) is 2.31. The van der Waals surface area contributed by atoms with Gasteiger partial charge in [0.25, 0.3) is 0 Å². The fraction of sp³-hybridized carbons (Fsp3) is 0.875. The van der Waals surface area contributed by atoms with Gasteiger partial charge >= 0.3 is 0 Å². The smallest absolute Gasteiger partial charge is 0.0869 e. The van der Waals surface area contributed by atoms with E-state index in [0.717, 1.165) is 25.8 Å². The van der Waals surface area contributed by atoms with Crippen LogP contribution in [0.2, 0.25) is 0 Å². The molecule has 1 N–H and O–H groups in total. The molecule has 0 aliphatic heterocycles. The third-order valence-electron chi connectivity index (χ3n) is 4.47. The van der Waals surface area contributed by atoms with Crippen molar-refractivity contribution in [2.24, 2.45) is 5.41 Å². The number of rotatable bonds is 6. The summed E-state index contributed by atoms with van der Waals surface area (Å²) >= 11 is 0. The minimum atomic E-state index is -0.0451. The molecule has 0 saturated heterocycles. The van der Waals surface area contributed by atoms with Gasteiger partial charge < -0.3 is 10.1 Å². The first-order valence-electron chi connectivity index (χ1n) is 7.31. The lowest BCUT2D eigenvalue weighted by molar-refractivity contribution is -0.0781. The SMILES string of the molecule is C=C(C)C(NCCC)C1(OC)CCC(C)(C)CC1. The van der Waals surface area contributed by atoms with Gasteiger partial charge in [0.1, 0.15) is 0 Å². The summed E-state index contributed by atoms with van der Waals surface area (Å²) in [4.78, 5) is 0. The molecular formula is C16H31NO. The molecule has 1 atom stereocenters. The van der Waals surface area contributed by atoms with Crippen molar-refractivity contribution in [2.45, 2.75) is 71.4 Å². The lowest BCUT2D eigenvalue weighted by Crippen LogP contribution is -2.55. The fourth-order valence-electron chi connectivity index (χ4n) is 3.06. The van der Waals surface area contributed by atoms with Crippen molar-refractivity contribution in [2.75, 3.05) is 13.7 Å². The van der Waals surface area contributed by atoms with E-state index in [1.54, 1.807) is 0 Å². The largest absolute Gasteiger partial charge is 0.376 e. The first-order chi connectivity index (χ1) is 8.37. The number of hydrogen-bond donors (Lipinski definition) is 1. The summed E-state index contributed by atoms with van der Waals surface area (Å²) in [6.45, 7) is 14.2. The Morgan fingerprint density at radius 2 is 1.83 bits per heavy atom. The van der Waals surface area contributed by atoms with Crippen molar-refractivity contribution < 1.29 is 4.74 Å². The molecule has 1 aliphatic rings. The summed E-state index contributed by atoms with van der Waals surface area (Å²) in [6, 6.07) is 0.290. The van der Waals surface area contributed by atoms with E-state index in [0.29, 0.717) is 11.5 Å². The van der Waals surface area contributed by atoms with Crippen LogP contribution in [0.5, 0.6) is 0 Å². The lowest BCUT2D eigenvalue weighted by atomic mass is 9.67. The highest BCUT2D eigenvalue weighted by Gasteiger charge is 2.44. The Labute approximate surface area is 113 Å². The first kappa shape index (κ1) is 15.7. The fourth-order valence-corrected chi connectivity index (χ4v) is 3.06. The van der Waals surface area contributed by atoms with Crippen LogP contribution < -0.4 is 5.32 Å². The highest BCUT2D eigenvalue weighted by Crippen LogP contribution is 2.44. The molecule has 2 nitrogen and oxygen atoms in total. The van der Waals surface area contributed by atoms with E-state index in [9.17, 15) is 0 Å². The molecule has 18 heavy (non-hydrogen) atoms. The maximum Gasteiger partial charge on any atom is 0.0869 e. The van der Waals surface area contributed by atoms with E-state index in [1.807, 2.05) is 7.11 Å². The van der Waals surface area contributed by atoms with Gasteiger partial charge in [0, 0.05) is 7.11 Å². The van der Waals surface area contributed by atoms with E-state index < -0.39 is 0 Å². The standard InChI is InChI=1S/C16H31NO/c1-7-12-17-14(13(2)3)16(18-6)10-8-15(4,5)9-11-16/h14,17H,2,7-12H2,1,3-6H3. The maximum atomic E-state index is 5.97. The molecule has 0 spiro atoms. The zero-order valence-electron chi connectivity index (χ0n) is 12.9. The van der Waals surface area contributed by atoms with Crippen LogP contribution in [0.15, 0.2) is 12.2 Å². The van der Waals surface area contributed by atoms with Gasteiger partial charge in [-0.1, -0.05) is 32.9 Å². The van der Waals surface area contributed by atoms with E-state index >= 15 is 0 Å². The summed E-state index contributed by atoms with van der Waals surface area (Å²) in [5, 5.41) is 3.63. The Balaban J connectivity index is 2.81. The Kier molecular flexibility index (Phi) is 5.42. The van der Waals surface area contributed by atoms with Crippen LogP contribution in [0.25, 0.3) is 0 Å². The second kappa shape index (κ2) is 6.21. The van der Waals surface area contributed by atoms with Crippen LogP contribution in [0.3, 0.4) is 0 Å². The Morgan fingerprint density at radius 1 is 1.28 bits per heavy atom. The zero-order valence-corrected chi connectivity index (χ0v) is 12.9. The molecule has 1 saturated carbocycles. The van der Waals surface area contributed by atoms with Gasteiger partial charge in [0.15, 0.2) is 0 Å². The minimum Gasteiger partial charge on any atom is -0.376 e. The maximum absolute atomic E-state index is 5.97. The first-order valence-corrected chi connectivity index (χ1v) is 7.31. The van der Waals surface area contributed by atoms with Gasteiger partial charge in [0.2, 0.25) is 0 Å². The van der Waals surface area contributed by atoms with Crippen LogP contribution in [-0.4, -0.2) is 25.3 Å². The van der Waals surface area contributed by atoms with Gasteiger partial charge in [-0.05, 0) is 51.0 Å². The van der Waals surface area contributed by atoms with Crippen LogP contribution in [0.4, 0.5) is 0 Å². The van der Waals surface area contributed by atoms with Crippen molar-refractivity contribution in [3.63, 3.8) is 0 Å². The van der Waals surface area contributed by atoms with E-state index in [-0.39, 0.29) is 5.60 Å². The summed E-state index contributed by atoms with van der Waals surface area (Å²) in [5.41, 5.74) is 1.62. The van der Waals surface area contributed by atoms with E-state index in [4.69, 9.17) is 4.74 Å². The molecule has 0 aromatic heterocycles. The van der Waals surface area contributed by atoms with Crippen molar-refractivity contribution in [3.8, 4) is 0 Å². The normalized spacial score (nSPS) is 23.6. The topological polar surface area (TPSA) is 21.3 Å². The number of methoxy groups -OCH3 is 1. The molecule has 106 valence electrons. The number of hydrogen-bond acceptors (Lipinski definition) is 2. The Bertz CT molecular complexity index is 273. The molecule has 0 bridgehead atoms. The molecule has 0 aromatic carbocycles. The molecule has 0 aromatic rings. The van der Waals surface area contributed by atoms with Gasteiger partial charge in [-0.2, -0.15) is 0 Å². The second-order valence-electron chi connectivity index (χ2n) is 6.67. The highest BCUT2D eigenvalue weighted by atomic mass is 16.5. The van der Waals surface area contributed by atoms with Crippen LogP contribution in [0, 0.1) is 5.41 Å². The van der Waals surface area contributed by atoms with Gasteiger partial charge in [-0.3, -0.25) is 0 Å². The zero-order chi connectivity index (χ0) is 13.8.